The average Bonchev–Trinajstić information content (AvgIpc) is 4.16. The van der Waals surface area contributed by atoms with E-state index in [4.69, 9.17) is 28.8 Å². The van der Waals surface area contributed by atoms with Crippen molar-refractivity contribution in [3.05, 3.63) is 78.6 Å². The lowest BCUT2D eigenvalue weighted by molar-refractivity contribution is -0.136. The molecule has 2 fully saturated rings. The summed E-state index contributed by atoms with van der Waals surface area (Å²) < 4.78 is 15.9. The molecule has 16 nitrogen and oxygen atoms in total. The van der Waals surface area contributed by atoms with Crippen LogP contribution in [0.3, 0.4) is 0 Å². The first kappa shape index (κ1) is 41.4. The fraction of sp³-hybridized carbons (Fsp3) is 0.383. The highest BCUT2D eigenvalue weighted by molar-refractivity contribution is 6.19. The van der Waals surface area contributed by atoms with Crippen LogP contribution in [0.5, 0.6) is 0 Å². The normalized spacial score (nSPS) is 17.7. The Morgan fingerprint density at radius 3 is 1.87 bits per heavy atom. The minimum atomic E-state index is -0.713. The van der Waals surface area contributed by atoms with E-state index < -0.39 is 24.3 Å². The number of ether oxygens (including phenoxy) is 2. The van der Waals surface area contributed by atoms with Crippen LogP contribution < -0.4 is 10.6 Å². The minimum absolute atomic E-state index is 0.125. The van der Waals surface area contributed by atoms with Gasteiger partial charge in [-0.05, 0) is 85.0 Å². The number of aromatic amines is 2. The van der Waals surface area contributed by atoms with Crippen LogP contribution in [0.1, 0.15) is 77.1 Å². The van der Waals surface area contributed by atoms with Gasteiger partial charge in [-0.3, -0.25) is 14.6 Å². The third kappa shape index (κ3) is 7.56. The largest absolute Gasteiger partial charge is 0.456 e. The molecular weight excluding hydrogens is 803 g/mol. The van der Waals surface area contributed by atoms with Crippen molar-refractivity contribution in [1.29, 1.82) is 0 Å². The van der Waals surface area contributed by atoms with Gasteiger partial charge >= 0.3 is 12.2 Å². The zero-order valence-corrected chi connectivity index (χ0v) is 36.2. The van der Waals surface area contributed by atoms with Crippen molar-refractivity contribution in [2.75, 3.05) is 27.3 Å². The van der Waals surface area contributed by atoms with E-state index in [-0.39, 0.29) is 35.7 Å². The van der Waals surface area contributed by atoms with Crippen LogP contribution in [0, 0.1) is 11.8 Å². The van der Waals surface area contributed by atoms with Gasteiger partial charge < -0.3 is 44.3 Å². The van der Waals surface area contributed by atoms with Crippen molar-refractivity contribution < 1.29 is 33.1 Å². The molecule has 9 rings (SSSR count). The number of nitrogens with zero attached hydrogens (tertiary/aromatic N) is 5. The number of furan rings is 2. The first-order chi connectivity index (χ1) is 30.4. The number of H-pyrrole nitrogens is 2. The van der Waals surface area contributed by atoms with Gasteiger partial charge in [-0.25, -0.2) is 19.6 Å². The lowest BCUT2D eigenvalue weighted by atomic mass is 9.93. The molecule has 2 saturated heterocycles. The van der Waals surface area contributed by atoms with Gasteiger partial charge in [0, 0.05) is 41.2 Å². The molecule has 0 radical (unpaired) electrons. The first-order valence-electron chi connectivity index (χ1n) is 21.5. The van der Waals surface area contributed by atoms with Gasteiger partial charge in [0.1, 0.15) is 34.9 Å². The molecule has 0 saturated carbocycles. The van der Waals surface area contributed by atoms with Crippen LogP contribution in [-0.2, 0) is 19.1 Å². The number of pyridine rings is 1. The van der Waals surface area contributed by atoms with Crippen molar-refractivity contribution in [3.8, 4) is 33.6 Å². The van der Waals surface area contributed by atoms with Gasteiger partial charge in [0.15, 0.2) is 0 Å². The van der Waals surface area contributed by atoms with Crippen molar-refractivity contribution in [2.45, 2.75) is 77.5 Å². The molecule has 16 heteroatoms. The minimum Gasteiger partial charge on any atom is -0.456 e. The maximum absolute atomic E-state index is 13.8. The van der Waals surface area contributed by atoms with Crippen LogP contribution in [0.25, 0.3) is 66.6 Å². The number of nitrogens with one attached hydrogen (secondary N) is 4. The van der Waals surface area contributed by atoms with E-state index in [0.717, 1.165) is 92.3 Å². The number of carbonyl (C=O) groups is 4. The summed E-state index contributed by atoms with van der Waals surface area (Å²) in [5.74, 6) is 0.839. The molecule has 2 aliphatic rings. The van der Waals surface area contributed by atoms with Gasteiger partial charge in [0.05, 0.1) is 54.9 Å². The number of methoxy groups -OCH3 is 2. The van der Waals surface area contributed by atoms with Gasteiger partial charge in [-0.15, -0.1) is 0 Å². The molecule has 63 heavy (non-hydrogen) atoms. The molecule has 0 aliphatic carbocycles. The summed E-state index contributed by atoms with van der Waals surface area (Å²) in [6, 6.07) is 16.4. The zero-order valence-electron chi connectivity index (χ0n) is 36.2. The number of rotatable bonds is 11. The number of amides is 4. The monoisotopic (exact) mass is 853 g/mol. The molecule has 4 atom stereocenters. The highest BCUT2D eigenvalue weighted by Crippen LogP contribution is 2.44. The van der Waals surface area contributed by atoms with E-state index in [1.54, 1.807) is 11.1 Å². The number of fused-ring (bicyclic) bond motifs is 6. The highest BCUT2D eigenvalue weighted by Gasteiger charge is 2.39. The predicted molar refractivity (Wildman–Crippen MR) is 237 cm³/mol. The van der Waals surface area contributed by atoms with Gasteiger partial charge in [0.25, 0.3) is 0 Å². The second kappa shape index (κ2) is 16.7. The van der Waals surface area contributed by atoms with Crippen LogP contribution in [0.4, 0.5) is 9.59 Å². The molecule has 0 spiro atoms. The summed E-state index contributed by atoms with van der Waals surface area (Å²) in [6.45, 7) is 8.74. The molecule has 7 heterocycles. The molecule has 4 amide bonds. The number of benzene rings is 3. The Balaban J connectivity index is 0.959. The number of aromatic nitrogens is 5. The van der Waals surface area contributed by atoms with Crippen molar-refractivity contribution in [3.63, 3.8) is 0 Å². The number of hydrogen-bond acceptors (Lipinski definition) is 10. The predicted octanol–water partition coefficient (Wildman–Crippen LogP) is 8.11. The van der Waals surface area contributed by atoms with Gasteiger partial charge in [-0.1, -0.05) is 45.9 Å². The maximum atomic E-state index is 13.8. The lowest BCUT2D eigenvalue weighted by Crippen LogP contribution is -2.51. The van der Waals surface area contributed by atoms with Crippen molar-refractivity contribution >= 4 is 57.0 Å². The third-order valence-corrected chi connectivity index (χ3v) is 12.5. The van der Waals surface area contributed by atoms with E-state index in [9.17, 15) is 19.2 Å². The third-order valence-electron chi connectivity index (χ3n) is 12.5. The molecule has 2 aromatic carbocycles. The second-order valence-electron chi connectivity index (χ2n) is 17.1. The SMILES string of the molecule is COC(=O)N[C@H](C(=O)N1CCC[C@H]1c1ncc(-c2ccc(-c3ccc(-c4ccc5nc([C@@H]6CCCN6C(=O)[C@@H](NC(=O)OC)C(C)C)[nH]c5c4)c4c5ccc(o5)c34)nc2)[nH]1)C(C)C. The van der Waals surface area contributed by atoms with Crippen LogP contribution in [0.2, 0.25) is 0 Å². The molecule has 7 aromatic rings. The smallest absolute Gasteiger partial charge is 0.407 e. The quantitative estimate of drug-likeness (QED) is 0.0985. The Kier molecular flexibility index (Phi) is 11.0. The van der Waals surface area contributed by atoms with E-state index in [2.05, 4.69) is 44.9 Å². The lowest BCUT2D eigenvalue weighted by Gasteiger charge is -2.30. The Hall–Kier alpha value is -6.97. The summed E-state index contributed by atoms with van der Waals surface area (Å²) in [5, 5.41) is 7.39. The average molecular weight is 854 g/mol. The number of hydrogen-bond donors (Lipinski definition) is 4. The standard InChI is InChI=1S/C47H51N9O7/c1-24(2)40(53-46(59)61-5)44(57)55-19-7-9-34(55)42-49-23-33(52-42)27-12-15-30(48-22-27)29-14-13-28(38-36-17-18-37(63-36)39(29)38)26-11-16-31-32(21-26)51-43(50-31)35-10-8-20-56(35)45(58)41(25(3)4)54-47(60)62-6/h11-18,21-25,34-35,40-41H,7-10,19-20H2,1-6H3,(H,49,52)(H,50,51)(H,53,59)(H,54,60)/t34-,35-,40-,41-/m0/s1. The topological polar surface area (TPSA) is 201 Å². The molecule has 0 unspecified atom stereocenters. The first-order valence-corrected chi connectivity index (χ1v) is 21.5. The number of likely N-dealkylation sites (tertiary alicyclic amines) is 2. The second-order valence-corrected chi connectivity index (χ2v) is 17.1. The Bertz CT molecular complexity index is 2820. The number of carbonyl (C=O) groups excluding carboxylic acids is 4. The summed E-state index contributed by atoms with van der Waals surface area (Å²) in [5.41, 5.74) is 8.56. The van der Waals surface area contributed by atoms with Crippen molar-refractivity contribution in [2.24, 2.45) is 11.8 Å². The van der Waals surface area contributed by atoms with E-state index in [1.165, 1.54) is 14.2 Å². The molecular formula is C47H51N9O7. The highest BCUT2D eigenvalue weighted by atomic mass is 16.5. The Morgan fingerprint density at radius 2 is 1.29 bits per heavy atom. The van der Waals surface area contributed by atoms with E-state index in [1.807, 2.05) is 69.1 Å². The molecule has 2 aliphatic heterocycles. The zero-order chi connectivity index (χ0) is 44.1. The van der Waals surface area contributed by atoms with Crippen LogP contribution in [-0.4, -0.2) is 98.1 Å². The Morgan fingerprint density at radius 1 is 0.698 bits per heavy atom. The molecule has 2 bridgehead atoms. The maximum Gasteiger partial charge on any atom is 0.407 e. The summed E-state index contributed by atoms with van der Waals surface area (Å²) in [6.07, 6.45) is 5.49. The molecule has 5 aromatic heterocycles. The summed E-state index contributed by atoms with van der Waals surface area (Å²) in [4.78, 5) is 76.6. The van der Waals surface area contributed by atoms with Gasteiger partial charge in [0.2, 0.25) is 11.8 Å². The van der Waals surface area contributed by atoms with Crippen LogP contribution >= 0.6 is 0 Å². The molecule has 4 N–H and O–H groups in total. The van der Waals surface area contributed by atoms with E-state index >= 15 is 0 Å². The fourth-order valence-corrected chi connectivity index (χ4v) is 9.28. The number of imidazole rings is 2. The van der Waals surface area contributed by atoms with Gasteiger partial charge in [-0.2, -0.15) is 0 Å². The summed E-state index contributed by atoms with van der Waals surface area (Å²) in [7, 11) is 2.58. The van der Waals surface area contributed by atoms with Crippen molar-refractivity contribution in [1.82, 2.24) is 45.4 Å². The number of alkyl carbamates (subject to hydrolysis) is 2. The van der Waals surface area contributed by atoms with Crippen LogP contribution in [0.15, 0.2) is 71.4 Å². The fourth-order valence-electron chi connectivity index (χ4n) is 9.28. The molecule has 326 valence electrons. The Labute approximate surface area is 363 Å². The van der Waals surface area contributed by atoms with E-state index in [0.29, 0.717) is 24.7 Å². The summed E-state index contributed by atoms with van der Waals surface area (Å²) >= 11 is 0.